The maximum Gasteiger partial charge on any atom is 0.159 e. The molecule has 0 unspecified atom stereocenters. The molecule has 0 radical (unpaired) electrons. The molecule has 2 nitrogen and oxygen atoms in total. The number of aromatic nitrogens is 2. The predicted octanol–water partition coefficient (Wildman–Crippen LogP) is 3.07. The summed E-state index contributed by atoms with van der Waals surface area (Å²) >= 11 is 0. The van der Waals surface area contributed by atoms with Gasteiger partial charge in [0.1, 0.15) is 0 Å². The number of rotatable bonds is 1. The van der Waals surface area contributed by atoms with Crippen LogP contribution in [0.25, 0.3) is 11.4 Å². The van der Waals surface area contributed by atoms with E-state index in [1.165, 1.54) is 24.3 Å². The van der Waals surface area contributed by atoms with Crippen molar-refractivity contribution in [2.45, 2.75) is 20.6 Å². The topological polar surface area (TPSA) is 25.8 Å². The van der Waals surface area contributed by atoms with Crippen molar-refractivity contribution in [3.63, 3.8) is 0 Å². The molecule has 0 bridgehead atoms. The van der Waals surface area contributed by atoms with Crippen LogP contribution in [0.3, 0.4) is 0 Å². The van der Waals surface area contributed by atoms with Crippen LogP contribution in [0.2, 0.25) is 0 Å². The van der Waals surface area contributed by atoms with Gasteiger partial charge in [0.25, 0.3) is 0 Å². The van der Waals surface area contributed by atoms with Gasteiger partial charge >= 0.3 is 0 Å². The van der Waals surface area contributed by atoms with Gasteiger partial charge in [-0.05, 0) is 26.1 Å². The van der Waals surface area contributed by atoms with Crippen LogP contribution in [0.15, 0.2) is 30.5 Å². The number of aryl methyl sites for hydroxylation is 3. The number of nitrogens with zero attached hydrogens (tertiary/aromatic N) is 2. The lowest BCUT2D eigenvalue weighted by atomic mass is 10.1. The quantitative estimate of drug-likeness (QED) is 0.718. The summed E-state index contributed by atoms with van der Waals surface area (Å²) in [6, 6.07) is 5.65. The maximum absolute atomic E-state index is 7.49. The number of hydrogen-bond donors (Lipinski definition) is 0. The summed E-state index contributed by atoms with van der Waals surface area (Å²) in [4.78, 5) is 7.82. The summed E-state index contributed by atoms with van der Waals surface area (Å²) in [5.74, 6) is 0.0196. The van der Waals surface area contributed by atoms with Gasteiger partial charge in [-0.2, -0.15) is 0 Å². The Kier molecular flexibility index (Phi) is 0.942. The van der Waals surface area contributed by atoms with Crippen molar-refractivity contribution < 1.29 is 12.3 Å². The van der Waals surface area contributed by atoms with Crippen molar-refractivity contribution in [3.05, 3.63) is 47.3 Å². The van der Waals surface area contributed by atoms with Gasteiger partial charge in [-0.3, -0.25) is 0 Å². The van der Waals surface area contributed by atoms with E-state index < -0.39 is 31.8 Å². The zero-order chi connectivity index (χ0) is 18.3. The summed E-state index contributed by atoms with van der Waals surface area (Å²) in [5, 5.41) is 0. The van der Waals surface area contributed by atoms with Crippen LogP contribution in [-0.2, 0) is 0 Å². The second-order valence-corrected chi connectivity index (χ2v) is 3.03. The van der Waals surface area contributed by atoms with E-state index >= 15 is 0 Å². The highest BCUT2D eigenvalue weighted by Crippen LogP contribution is 2.16. The minimum Gasteiger partial charge on any atom is -0.236 e. The Morgan fingerprint density at radius 2 is 1.93 bits per heavy atom. The first-order valence-electron chi connectivity index (χ1n) is 8.79. The van der Waals surface area contributed by atoms with Gasteiger partial charge in [-0.1, -0.05) is 29.8 Å². The zero-order valence-electron chi connectivity index (χ0n) is 16.8. The van der Waals surface area contributed by atoms with E-state index in [1.807, 2.05) is 0 Å². The standard InChI is InChI=1S/C13H14N2/c1-9-4-6-12(7-5-9)13-14-8-10(2)11(3)15-13/h4-8H,1-3H3/i1D3,2D3,3D3. The Bertz CT molecular complexity index is 727. The largest absolute Gasteiger partial charge is 0.236 e. The summed E-state index contributed by atoms with van der Waals surface area (Å²) in [7, 11) is 0. The third kappa shape index (κ3) is 2.04. The van der Waals surface area contributed by atoms with Gasteiger partial charge < -0.3 is 0 Å². The number of hydrogen-bond acceptors (Lipinski definition) is 2. The fourth-order valence-corrected chi connectivity index (χ4v) is 1.14. The van der Waals surface area contributed by atoms with Gasteiger partial charge in [-0.25, -0.2) is 9.97 Å². The molecule has 0 fully saturated rings. The molecular weight excluding hydrogens is 184 g/mol. The fraction of sp³-hybridized carbons (Fsp3) is 0.231. The summed E-state index contributed by atoms with van der Waals surface area (Å²) < 4.78 is 66.7. The monoisotopic (exact) mass is 207 g/mol. The van der Waals surface area contributed by atoms with E-state index in [2.05, 4.69) is 9.97 Å². The van der Waals surface area contributed by atoms with Crippen LogP contribution in [0.1, 0.15) is 29.2 Å². The molecule has 0 aliphatic heterocycles. The highest BCUT2D eigenvalue weighted by atomic mass is 14.9. The Hall–Kier alpha value is -1.70. The highest BCUT2D eigenvalue weighted by molar-refractivity contribution is 5.55. The SMILES string of the molecule is [2H]C([2H])([2H])c1ccc(-c2ncc(C([2H])([2H])[2H])c(C([2H])([2H])[2H])n2)cc1. The minimum atomic E-state index is -2.71. The van der Waals surface area contributed by atoms with Crippen LogP contribution in [-0.4, -0.2) is 9.97 Å². The number of benzene rings is 1. The molecule has 76 valence electrons. The van der Waals surface area contributed by atoms with Crippen molar-refractivity contribution in [1.29, 1.82) is 0 Å². The van der Waals surface area contributed by atoms with Crippen molar-refractivity contribution in [1.82, 2.24) is 9.97 Å². The van der Waals surface area contributed by atoms with Crippen molar-refractivity contribution in [2.24, 2.45) is 0 Å². The van der Waals surface area contributed by atoms with Gasteiger partial charge in [-0.15, -0.1) is 0 Å². The second kappa shape index (κ2) is 3.81. The molecule has 0 spiro atoms. The normalized spacial score (nSPS) is 21.7. The van der Waals surface area contributed by atoms with Crippen molar-refractivity contribution in [2.75, 3.05) is 0 Å². The molecule has 1 heterocycles. The summed E-state index contributed by atoms with van der Waals surface area (Å²) in [5.41, 5.74) is -0.440. The molecule has 0 saturated carbocycles. The molecule has 0 saturated heterocycles. The van der Waals surface area contributed by atoms with E-state index in [1.54, 1.807) is 0 Å². The average Bonchev–Trinajstić information content (AvgIpc) is 2.44. The molecule has 0 N–H and O–H groups in total. The molecule has 0 atom stereocenters. The molecule has 0 amide bonds. The van der Waals surface area contributed by atoms with Crippen LogP contribution in [0, 0.1) is 20.6 Å². The molecule has 15 heavy (non-hydrogen) atoms. The molecule has 1 aromatic carbocycles. The van der Waals surface area contributed by atoms with Crippen molar-refractivity contribution >= 4 is 0 Å². The molecule has 1 aromatic heterocycles. The summed E-state index contributed by atoms with van der Waals surface area (Å²) in [6.45, 7) is -7.61. The average molecular weight is 207 g/mol. The van der Waals surface area contributed by atoms with E-state index in [9.17, 15) is 0 Å². The molecular formula is C13H14N2. The van der Waals surface area contributed by atoms with Crippen LogP contribution >= 0.6 is 0 Å². The lowest BCUT2D eigenvalue weighted by Gasteiger charge is -2.03. The predicted molar refractivity (Wildman–Crippen MR) is 61.7 cm³/mol. The van der Waals surface area contributed by atoms with E-state index in [-0.39, 0.29) is 11.4 Å². The Morgan fingerprint density at radius 3 is 2.60 bits per heavy atom. The van der Waals surface area contributed by atoms with E-state index in [4.69, 9.17) is 12.3 Å². The molecule has 0 aliphatic rings. The van der Waals surface area contributed by atoms with Crippen molar-refractivity contribution in [3.8, 4) is 11.4 Å². The van der Waals surface area contributed by atoms with E-state index in [0.29, 0.717) is 5.56 Å². The molecule has 2 heteroatoms. The summed E-state index contributed by atoms with van der Waals surface area (Å²) in [6.07, 6.45) is 0.981. The molecule has 2 rings (SSSR count). The van der Waals surface area contributed by atoms with Gasteiger partial charge in [0.05, 0.1) is 0 Å². The Labute approximate surface area is 103 Å². The first-order valence-corrected chi connectivity index (χ1v) is 4.29. The molecule has 0 aliphatic carbocycles. The maximum atomic E-state index is 7.49. The smallest absolute Gasteiger partial charge is 0.159 e. The fourth-order valence-electron chi connectivity index (χ4n) is 1.14. The third-order valence-corrected chi connectivity index (χ3v) is 1.93. The second-order valence-electron chi connectivity index (χ2n) is 3.03. The minimum absolute atomic E-state index is 0.0196. The molecule has 2 aromatic rings. The van der Waals surface area contributed by atoms with Crippen LogP contribution < -0.4 is 0 Å². The lowest BCUT2D eigenvalue weighted by Crippen LogP contribution is -1.94. The third-order valence-electron chi connectivity index (χ3n) is 1.93. The zero-order valence-corrected chi connectivity index (χ0v) is 7.78. The van der Waals surface area contributed by atoms with Crippen LogP contribution in [0.5, 0.6) is 0 Å². The van der Waals surface area contributed by atoms with E-state index in [0.717, 1.165) is 6.20 Å². The van der Waals surface area contributed by atoms with Gasteiger partial charge in [0, 0.05) is 29.8 Å². The first kappa shape index (κ1) is 3.71. The van der Waals surface area contributed by atoms with Gasteiger partial charge in [0.2, 0.25) is 0 Å². The highest BCUT2D eigenvalue weighted by Gasteiger charge is 2.02. The van der Waals surface area contributed by atoms with Crippen LogP contribution in [0.4, 0.5) is 0 Å². The Balaban J connectivity index is 2.53. The Morgan fingerprint density at radius 1 is 1.07 bits per heavy atom. The lowest BCUT2D eigenvalue weighted by molar-refractivity contribution is 1.07. The van der Waals surface area contributed by atoms with Gasteiger partial charge in [0.15, 0.2) is 5.82 Å². The first-order chi connectivity index (χ1) is 10.8.